The highest BCUT2D eigenvalue weighted by atomic mass is 16.2. The van der Waals surface area contributed by atoms with Crippen molar-refractivity contribution in [3.8, 4) is 0 Å². The Labute approximate surface area is 87.7 Å². The van der Waals surface area contributed by atoms with E-state index in [1.165, 1.54) is 6.42 Å². The van der Waals surface area contributed by atoms with Crippen LogP contribution in [0.5, 0.6) is 0 Å². The monoisotopic (exact) mass is 197 g/mol. The molecule has 82 valence electrons. The minimum atomic E-state index is 0.117. The molecule has 14 heavy (non-hydrogen) atoms. The van der Waals surface area contributed by atoms with Crippen LogP contribution in [0, 0.1) is 11.8 Å². The lowest BCUT2D eigenvalue weighted by molar-refractivity contribution is -0.136. The molecule has 2 nitrogen and oxygen atoms in total. The summed E-state index contributed by atoms with van der Waals surface area (Å²) < 4.78 is 0. The Kier molecular flexibility index (Phi) is 3.23. The maximum absolute atomic E-state index is 11.6. The number of amides is 1. The molecular weight excluding hydrogens is 174 g/mol. The van der Waals surface area contributed by atoms with Crippen molar-refractivity contribution in [2.45, 2.75) is 53.0 Å². The molecule has 1 heterocycles. The van der Waals surface area contributed by atoms with E-state index >= 15 is 0 Å². The molecule has 1 saturated heterocycles. The van der Waals surface area contributed by atoms with E-state index in [1.54, 1.807) is 6.92 Å². The molecule has 0 saturated carbocycles. The van der Waals surface area contributed by atoms with Gasteiger partial charge in [-0.3, -0.25) is 4.79 Å². The second-order valence-corrected chi connectivity index (χ2v) is 5.07. The maximum Gasteiger partial charge on any atom is 0.219 e. The number of carbonyl (C=O) groups is 1. The lowest BCUT2D eigenvalue weighted by Crippen LogP contribution is -2.53. The van der Waals surface area contributed by atoms with E-state index in [0.717, 1.165) is 13.0 Å². The molecule has 1 aliphatic heterocycles. The largest absolute Gasteiger partial charge is 0.337 e. The minimum absolute atomic E-state index is 0.117. The molecular formula is C12H23NO. The molecule has 0 unspecified atom stereocenters. The number of carbonyl (C=O) groups excluding carboxylic acids is 1. The first-order valence-corrected chi connectivity index (χ1v) is 5.71. The second-order valence-electron chi connectivity index (χ2n) is 5.07. The van der Waals surface area contributed by atoms with Gasteiger partial charge in [-0.05, 0) is 24.7 Å². The van der Waals surface area contributed by atoms with Gasteiger partial charge in [-0.1, -0.05) is 27.7 Å². The number of nitrogens with zero attached hydrogens (tertiary/aromatic N) is 1. The van der Waals surface area contributed by atoms with E-state index in [-0.39, 0.29) is 11.4 Å². The number of rotatable bonds is 2. The molecule has 0 bridgehead atoms. The maximum atomic E-state index is 11.6. The lowest BCUT2D eigenvalue weighted by Gasteiger charge is -2.45. The Morgan fingerprint density at radius 1 is 1.21 bits per heavy atom. The van der Waals surface area contributed by atoms with Gasteiger partial charge in [0.15, 0.2) is 0 Å². The Balaban J connectivity index is 3.01. The topological polar surface area (TPSA) is 20.3 Å². The first-order chi connectivity index (χ1) is 6.43. The van der Waals surface area contributed by atoms with E-state index in [4.69, 9.17) is 0 Å². The van der Waals surface area contributed by atoms with Gasteiger partial charge in [0.25, 0.3) is 0 Å². The third kappa shape index (κ3) is 1.55. The van der Waals surface area contributed by atoms with Gasteiger partial charge in [0.05, 0.1) is 0 Å². The van der Waals surface area contributed by atoms with Crippen molar-refractivity contribution in [3.05, 3.63) is 0 Å². The van der Waals surface area contributed by atoms with Crippen molar-refractivity contribution in [1.82, 2.24) is 4.90 Å². The molecule has 0 spiro atoms. The summed E-state index contributed by atoms with van der Waals surface area (Å²) in [4.78, 5) is 13.7. The SMILES string of the molecule is CC(=O)N1CCCC1(C(C)C)C(C)C. The van der Waals surface area contributed by atoms with Gasteiger partial charge in [0, 0.05) is 19.0 Å². The summed E-state index contributed by atoms with van der Waals surface area (Å²) in [5.41, 5.74) is 0.117. The van der Waals surface area contributed by atoms with Gasteiger partial charge in [-0.15, -0.1) is 0 Å². The van der Waals surface area contributed by atoms with Crippen LogP contribution in [0.1, 0.15) is 47.5 Å². The summed E-state index contributed by atoms with van der Waals surface area (Å²) >= 11 is 0. The highest BCUT2D eigenvalue weighted by Gasteiger charge is 2.46. The van der Waals surface area contributed by atoms with Gasteiger partial charge in [-0.2, -0.15) is 0 Å². The van der Waals surface area contributed by atoms with Crippen LogP contribution in [0.3, 0.4) is 0 Å². The highest BCUT2D eigenvalue weighted by Crippen LogP contribution is 2.41. The Morgan fingerprint density at radius 2 is 1.71 bits per heavy atom. The zero-order chi connectivity index (χ0) is 10.9. The van der Waals surface area contributed by atoms with Gasteiger partial charge in [-0.25, -0.2) is 0 Å². The molecule has 0 atom stereocenters. The van der Waals surface area contributed by atoms with Crippen LogP contribution in [0.4, 0.5) is 0 Å². The molecule has 0 aromatic carbocycles. The lowest BCUT2D eigenvalue weighted by atomic mass is 9.75. The van der Waals surface area contributed by atoms with E-state index in [1.807, 2.05) is 0 Å². The molecule has 0 N–H and O–H groups in total. The molecule has 0 radical (unpaired) electrons. The first-order valence-electron chi connectivity index (χ1n) is 5.71. The van der Waals surface area contributed by atoms with Crippen molar-refractivity contribution in [2.75, 3.05) is 6.54 Å². The molecule has 2 heteroatoms. The summed E-state index contributed by atoms with van der Waals surface area (Å²) in [7, 11) is 0. The minimum Gasteiger partial charge on any atom is -0.337 e. The summed E-state index contributed by atoms with van der Waals surface area (Å²) in [6.45, 7) is 11.6. The Morgan fingerprint density at radius 3 is 2.00 bits per heavy atom. The summed E-state index contributed by atoms with van der Waals surface area (Å²) in [5, 5.41) is 0. The van der Waals surface area contributed by atoms with Gasteiger partial charge in [0.1, 0.15) is 0 Å². The summed E-state index contributed by atoms with van der Waals surface area (Å²) in [5.74, 6) is 1.34. The normalized spacial score (nSPS) is 20.9. The average Bonchev–Trinajstić information content (AvgIpc) is 2.47. The van der Waals surface area contributed by atoms with Crippen molar-refractivity contribution in [1.29, 1.82) is 0 Å². The van der Waals surface area contributed by atoms with Gasteiger partial charge < -0.3 is 4.90 Å². The van der Waals surface area contributed by atoms with Crippen LogP contribution in [0.15, 0.2) is 0 Å². The van der Waals surface area contributed by atoms with E-state index in [0.29, 0.717) is 11.8 Å². The van der Waals surface area contributed by atoms with Crippen molar-refractivity contribution < 1.29 is 4.79 Å². The van der Waals surface area contributed by atoms with Crippen LogP contribution in [0.2, 0.25) is 0 Å². The molecule has 1 aliphatic rings. The smallest absolute Gasteiger partial charge is 0.219 e. The molecule has 0 aromatic rings. The van der Waals surface area contributed by atoms with Crippen LogP contribution >= 0.6 is 0 Å². The van der Waals surface area contributed by atoms with E-state index < -0.39 is 0 Å². The number of hydrogen-bond donors (Lipinski definition) is 0. The van der Waals surface area contributed by atoms with Crippen molar-refractivity contribution >= 4 is 5.91 Å². The number of hydrogen-bond acceptors (Lipinski definition) is 1. The predicted molar refractivity (Wildman–Crippen MR) is 59.0 cm³/mol. The third-order valence-electron chi connectivity index (χ3n) is 3.84. The van der Waals surface area contributed by atoms with Crippen LogP contribution in [0.25, 0.3) is 0 Å². The standard InChI is InChI=1S/C12H23NO/c1-9(2)12(10(3)4)7-6-8-13(12)11(5)14/h9-10H,6-8H2,1-5H3. The average molecular weight is 197 g/mol. The zero-order valence-corrected chi connectivity index (χ0v) is 10.1. The fourth-order valence-electron chi connectivity index (χ4n) is 3.18. The van der Waals surface area contributed by atoms with E-state index in [2.05, 4.69) is 32.6 Å². The first kappa shape index (κ1) is 11.5. The van der Waals surface area contributed by atoms with Crippen LogP contribution in [-0.4, -0.2) is 22.9 Å². The molecule has 0 aromatic heterocycles. The summed E-state index contributed by atoms with van der Waals surface area (Å²) in [6, 6.07) is 0. The predicted octanol–water partition coefficient (Wildman–Crippen LogP) is 2.68. The fourth-order valence-corrected chi connectivity index (χ4v) is 3.18. The molecule has 1 fully saturated rings. The Hall–Kier alpha value is -0.530. The third-order valence-corrected chi connectivity index (χ3v) is 3.84. The van der Waals surface area contributed by atoms with Crippen LogP contribution in [-0.2, 0) is 4.79 Å². The Bertz CT molecular complexity index is 212. The van der Waals surface area contributed by atoms with Gasteiger partial charge in [0.2, 0.25) is 5.91 Å². The van der Waals surface area contributed by atoms with E-state index in [9.17, 15) is 4.79 Å². The van der Waals surface area contributed by atoms with Gasteiger partial charge >= 0.3 is 0 Å². The molecule has 0 aliphatic carbocycles. The second kappa shape index (κ2) is 3.92. The zero-order valence-electron chi connectivity index (χ0n) is 10.1. The highest BCUT2D eigenvalue weighted by molar-refractivity contribution is 5.74. The van der Waals surface area contributed by atoms with Crippen LogP contribution < -0.4 is 0 Å². The fraction of sp³-hybridized carbons (Fsp3) is 0.917. The molecule has 1 rings (SSSR count). The van der Waals surface area contributed by atoms with Crippen molar-refractivity contribution in [2.24, 2.45) is 11.8 Å². The molecule has 1 amide bonds. The quantitative estimate of drug-likeness (QED) is 0.666. The number of likely N-dealkylation sites (tertiary alicyclic amines) is 1. The van der Waals surface area contributed by atoms with Crippen molar-refractivity contribution in [3.63, 3.8) is 0 Å². The summed E-state index contributed by atoms with van der Waals surface area (Å²) in [6.07, 6.45) is 2.33.